The Hall–Kier alpha value is -2.79. The second-order valence-corrected chi connectivity index (χ2v) is 5.55. The number of rotatable bonds is 6. The molecule has 0 N–H and O–H groups in total. The minimum absolute atomic E-state index is 0. The average molecular weight is 334 g/mol. The van der Waals surface area contributed by atoms with Crippen LogP contribution in [0.15, 0.2) is 61.2 Å². The largest absolute Gasteiger partial charge is 0.423 e. The van der Waals surface area contributed by atoms with Gasteiger partial charge in [0.15, 0.2) is 0 Å². The maximum Gasteiger partial charge on any atom is 0.335 e. The third-order valence-electron chi connectivity index (χ3n) is 3.61. The summed E-state index contributed by atoms with van der Waals surface area (Å²) in [5.74, 6) is 6.29. The molecular formula is C23H26O2. The molecule has 2 aromatic carbocycles. The van der Waals surface area contributed by atoms with Gasteiger partial charge in [0.05, 0.1) is 0 Å². The highest BCUT2D eigenvalue weighted by Crippen LogP contribution is 2.12. The number of aryl methyl sites for hydroxylation is 1. The van der Waals surface area contributed by atoms with Crippen LogP contribution in [0.5, 0.6) is 5.75 Å². The molecule has 0 aliphatic heterocycles. The van der Waals surface area contributed by atoms with Crippen LogP contribution in [0.3, 0.4) is 0 Å². The first-order valence-electron chi connectivity index (χ1n) is 8.26. The average Bonchev–Trinajstić information content (AvgIpc) is 2.62. The number of ether oxygens (including phenoxy) is 1. The quantitative estimate of drug-likeness (QED) is 0.228. The van der Waals surface area contributed by atoms with Gasteiger partial charge in [-0.3, -0.25) is 0 Å². The van der Waals surface area contributed by atoms with Crippen LogP contribution in [-0.4, -0.2) is 5.97 Å². The van der Waals surface area contributed by atoms with Crippen molar-refractivity contribution in [2.75, 3.05) is 0 Å². The molecule has 0 radical (unpaired) electrons. The number of carbonyl (C=O) groups is 1. The van der Waals surface area contributed by atoms with Crippen molar-refractivity contribution in [1.29, 1.82) is 0 Å². The summed E-state index contributed by atoms with van der Waals surface area (Å²) in [7, 11) is 0. The SMILES string of the molecule is C.C=CC(=O)Oc1ccc(C#Cc2ccc(CCCCC)cc2)cc1. The lowest BCUT2D eigenvalue weighted by atomic mass is 10.1. The van der Waals surface area contributed by atoms with Gasteiger partial charge < -0.3 is 4.74 Å². The van der Waals surface area contributed by atoms with Gasteiger partial charge in [-0.05, 0) is 54.8 Å². The smallest absolute Gasteiger partial charge is 0.335 e. The molecule has 0 bridgehead atoms. The van der Waals surface area contributed by atoms with Crippen LogP contribution in [-0.2, 0) is 11.2 Å². The van der Waals surface area contributed by atoms with E-state index in [9.17, 15) is 4.79 Å². The van der Waals surface area contributed by atoms with E-state index in [0.717, 1.165) is 23.6 Å². The molecule has 2 nitrogen and oxygen atoms in total. The molecule has 2 rings (SSSR count). The third-order valence-corrected chi connectivity index (χ3v) is 3.61. The number of carbonyl (C=O) groups excluding carboxylic acids is 1. The molecule has 0 spiro atoms. The Kier molecular flexibility index (Phi) is 8.82. The molecule has 0 aromatic heterocycles. The zero-order chi connectivity index (χ0) is 17.2. The zero-order valence-electron chi connectivity index (χ0n) is 14.0. The molecular weight excluding hydrogens is 308 g/mol. The summed E-state index contributed by atoms with van der Waals surface area (Å²) in [6.45, 7) is 5.58. The molecule has 25 heavy (non-hydrogen) atoms. The number of esters is 1. The highest BCUT2D eigenvalue weighted by molar-refractivity contribution is 5.83. The van der Waals surface area contributed by atoms with E-state index in [4.69, 9.17) is 4.74 Å². The molecule has 0 aliphatic carbocycles. The van der Waals surface area contributed by atoms with Crippen LogP contribution >= 0.6 is 0 Å². The van der Waals surface area contributed by atoms with Gasteiger partial charge in [0.2, 0.25) is 0 Å². The van der Waals surface area contributed by atoms with Gasteiger partial charge >= 0.3 is 5.97 Å². The maximum absolute atomic E-state index is 11.1. The summed E-state index contributed by atoms with van der Waals surface area (Å²) in [4.78, 5) is 11.1. The first kappa shape index (κ1) is 20.3. The molecule has 130 valence electrons. The van der Waals surface area contributed by atoms with Crippen LogP contribution in [0.2, 0.25) is 0 Å². The molecule has 0 aliphatic rings. The fourth-order valence-corrected chi connectivity index (χ4v) is 2.24. The molecule has 0 fully saturated rings. The Balaban J connectivity index is 0.00000312. The van der Waals surface area contributed by atoms with E-state index in [1.54, 1.807) is 12.1 Å². The number of unbranched alkanes of at least 4 members (excludes halogenated alkanes) is 2. The second kappa shape index (κ2) is 10.9. The van der Waals surface area contributed by atoms with Gasteiger partial charge in [0.1, 0.15) is 5.75 Å². The van der Waals surface area contributed by atoms with E-state index in [-0.39, 0.29) is 7.43 Å². The van der Waals surface area contributed by atoms with E-state index in [2.05, 4.69) is 49.6 Å². The Labute approximate surface area is 151 Å². The van der Waals surface area contributed by atoms with Crippen LogP contribution in [0.1, 0.15) is 50.3 Å². The molecule has 0 heterocycles. The van der Waals surface area contributed by atoms with Crippen LogP contribution in [0.4, 0.5) is 0 Å². The van der Waals surface area contributed by atoms with Gasteiger partial charge in [-0.2, -0.15) is 0 Å². The van der Waals surface area contributed by atoms with Crippen LogP contribution in [0, 0.1) is 11.8 Å². The molecule has 2 aromatic rings. The summed E-state index contributed by atoms with van der Waals surface area (Å²) >= 11 is 0. The van der Waals surface area contributed by atoms with E-state index in [1.165, 1.54) is 24.8 Å². The molecule has 0 saturated carbocycles. The highest BCUT2D eigenvalue weighted by Gasteiger charge is 1.98. The van der Waals surface area contributed by atoms with Crippen molar-refractivity contribution < 1.29 is 9.53 Å². The van der Waals surface area contributed by atoms with Crippen molar-refractivity contribution in [3.63, 3.8) is 0 Å². The van der Waals surface area contributed by atoms with Crippen molar-refractivity contribution in [3.05, 3.63) is 77.9 Å². The summed E-state index contributed by atoms with van der Waals surface area (Å²) in [5, 5.41) is 0. The van der Waals surface area contributed by atoms with E-state index in [0.29, 0.717) is 5.75 Å². The van der Waals surface area contributed by atoms with Gasteiger partial charge in [-0.15, -0.1) is 0 Å². The standard InChI is InChI=1S/C22H22O2.CH4/c1-3-5-6-7-18-8-10-19(11-9-18)12-13-20-14-16-21(17-15-20)24-22(23)4-2;/h4,8-11,14-17H,2-3,5-7H2,1H3;1H4. The minimum atomic E-state index is -0.465. The number of hydrogen-bond acceptors (Lipinski definition) is 2. The first-order chi connectivity index (χ1) is 11.7. The predicted octanol–water partition coefficient (Wildman–Crippen LogP) is 5.55. The van der Waals surface area contributed by atoms with E-state index >= 15 is 0 Å². The van der Waals surface area contributed by atoms with Gasteiger partial charge in [-0.25, -0.2) is 4.79 Å². The topological polar surface area (TPSA) is 26.3 Å². The lowest BCUT2D eigenvalue weighted by Gasteiger charge is -2.01. The lowest BCUT2D eigenvalue weighted by Crippen LogP contribution is -2.02. The fraction of sp³-hybridized carbons (Fsp3) is 0.261. The predicted molar refractivity (Wildman–Crippen MR) is 105 cm³/mol. The Morgan fingerprint density at radius 3 is 2.08 bits per heavy atom. The van der Waals surface area contributed by atoms with Crippen LogP contribution < -0.4 is 4.74 Å². The Bertz CT molecular complexity index is 728. The van der Waals surface area contributed by atoms with Crippen molar-refractivity contribution >= 4 is 5.97 Å². The Morgan fingerprint density at radius 2 is 1.56 bits per heavy atom. The van der Waals surface area contributed by atoms with Crippen molar-refractivity contribution in [1.82, 2.24) is 0 Å². The van der Waals surface area contributed by atoms with Gasteiger partial charge in [-0.1, -0.05) is 57.7 Å². The van der Waals surface area contributed by atoms with Crippen molar-refractivity contribution in [2.45, 2.75) is 40.0 Å². The van der Waals surface area contributed by atoms with Gasteiger partial charge in [0, 0.05) is 17.2 Å². The summed E-state index contributed by atoms with van der Waals surface area (Å²) in [6.07, 6.45) is 6.03. The molecule has 0 unspecified atom stereocenters. The summed E-state index contributed by atoms with van der Waals surface area (Å²) in [5.41, 5.74) is 3.24. The second-order valence-electron chi connectivity index (χ2n) is 5.55. The van der Waals surface area contributed by atoms with E-state index < -0.39 is 5.97 Å². The molecule has 0 amide bonds. The number of benzene rings is 2. The third kappa shape index (κ3) is 7.10. The lowest BCUT2D eigenvalue weighted by molar-refractivity contribution is -0.128. The first-order valence-corrected chi connectivity index (χ1v) is 8.26. The monoisotopic (exact) mass is 334 g/mol. The molecule has 0 saturated heterocycles. The molecule has 2 heteroatoms. The minimum Gasteiger partial charge on any atom is -0.423 e. The van der Waals surface area contributed by atoms with Crippen LogP contribution in [0.25, 0.3) is 0 Å². The summed E-state index contributed by atoms with van der Waals surface area (Å²) in [6, 6.07) is 15.5. The maximum atomic E-state index is 11.1. The van der Waals surface area contributed by atoms with Gasteiger partial charge in [0.25, 0.3) is 0 Å². The Morgan fingerprint density at radius 1 is 1.00 bits per heavy atom. The zero-order valence-corrected chi connectivity index (χ0v) is 14.0. The number of hydrogen-bond donors (Lipinski definition) is 0. The van der Waals surface area contributed by atoms with Crippen molar-refractivity contribution in [2.24, 2.45) is 0 Å². The fourth-order valence-electron chi connectivity index (χ4n) is 2.24. The van der Waals surface area contributed by atoms with Crippen molar-refractivity contribution in [3.8, 4) is 17.6 Å². The normalized spacial score (nSPS) is 9.32. The van der Waals surface area contributed by atoms with E-state index in [1.807, 2.05) is 12.1 Å². The molecule has 0 atom stereocenters. The highest BCUT2D eigenvalue weighted by atomic mass is 16.5. The summed E-state index contributed by atoms with van der Waals surface area (Å²) < 4.78 is 5.03.